The zero-order chi connectivity index (χ0) is 14.5. The van der Waals surface area contributed by atoms with E-state index in [0.29, 0.717) is 23.7 Å². The SMILES string of the molecule is COc1ccc(NC(=O)NCC(C)(C)C)cc1OC. The molecule has 0 aromatic heterocycles. The molecule has 0 aliphatic carbocycles. The summed E-state index contributed by atoms with van der Waals surface area (Å²) < 4.78 is 10.3. The normalized spacial score (nSPS) is 10.8. The quantitative estimate of drug-likeness (QED) is 0.881. The van der Waals surface area contributed by atoms with Gasteiger partial charge in [-0.25, -0.2) is 4.79 Å². The predicted molar refractivity (Wildman–Crippen MR) is 76.0 cm³/mol. The Morgan fingerprint density at radius 1 is 1.16 bits per heavy atom. The first-order valence-corrected chi connectivity index (χ1v) is 6.12. The summed E-state index contributed by atoms with van der Waals surface area (Å²) in [6.45, 7) is 6.78. The Balaban J connectivity index is 2.64. The molecule has 1 aromatic rings. The Morgan fingerprint density at radius 2 is 1.79 bits per heavy atom. The van der Waals surface area contributed by atoms with Crippen molar-refractivity contribution in [2.24, 2.45) is 5.41 Å². The molecule has 0 bridgehead atoms. The summed E-state index contributed by atoms with van der Waals surface area (Å²) in [4.78, 5) is 11.7. The third-order valence-electron chi connectivity index (χ3n) is 2.42. The van der Waals surface area contributed by atoms with Gasteiger partial charge >= 0.3 is 6.03 Å². The number of nitrogens with one attached hydrogen (secondary N) is 2. The van der Waals surface area contributed by atoms with Gasteiger partial charge in [-0.15, -0.1) is 0 Å². The highest BCUT2D eigenvalue weighted by molar-refractivity contribution is 5.89. The average molecular weight is 266 g/mol. The Labute approximate surface area is 114 Å². The molecule has 0 saturated carbocycles. The second-order valence-electron chi connectivity index (χ2n) is 5.44. The Morgan fingerprint density at radius 3 is 2.32 bits per heavy atom. The fourth-order valence-electron chi connectivity index (χ4n) is 1.43. The fraction of sp³-hybridized carbons (Fsp3) is 0.500. The van der Waals surface area contributed by atoms with Gasteiger partial charge in [0.2, 0.25) is 0 Å². The van der Waals surface area contributed by atoms with E-state index in [0.717, 1.165) is 0 Å². The molecule has 5 heteroatoms. The number of rotatable bonds is 4. The molecule has 0 saturated heterocycles. The molecule has 0 unspecified atom stereocenters. The smallest absolute Gasteiger partial charge is 0.319 e. The highest BCUT2D eigenvalue weighted by Gasteiger charge is 2.12. The van der Waals surface area contributed by atoms with Crippen LogP contribution in [0.25, 0.3) is 0 Å². The minimum absolute atomic E-state index is 0.0505. The molecule has 2 N–H and O–H groups in total. The topological polar surface area (TPSA) is 59.6 Å². The van der Waals surface area contributed by atoms with Crippen molar-refractivity contribution in [2.45, 2.75) is 20.8 Å². The van der Waals surface area contributed by atoms with Gasteiger partial charge in [0.15, 0.2) is 11.5 Å². The number of ether oxygens (including phenoxy) is 2. The van der Waals surface area contributed by atoms with Crippen LogP contribution >= 0.6 is 0 Å². The summed E-state index contributed by atoms with van der Waals surface area (Å²) in [6, 6.07) is 4.99. The molecule has 106 valence electrons. The number of hydrogen-bond donors (Lipinski definition) is 2. The van der Waals surface area contributed by atoms with E-state index in [4.69, 9.17) is 9.47 Å². The van der Waals surface area contributed by atoms with Crippen LogP contribution in [0.1, 0.15) is 20.8 Å². The van der Waals surface area contributed by atoms with Gasteiger partial charge in [0.25, 0.3) is 0 Å². The third kappa shape index (κ3) is 5.07. The summed E-state index contributed by atoms with van der Waals surface area (Å²) in [6.07, 6.45) is 0. The van der Waals surface area contributed by atoms with Crippen molar-refractivity contribution < 1.29 is 14.3 Å². The number of hydrogen-bond acceptors (Lipinski definition) is 3. The maximum atomic E-state index is 11.7. The molecule has 0 fully saturated rings. The lowest BCUT2D eigenvalue weighted by Crippen LogP contribution is -2.35. The van der Waals surface area contributed by atoms with Gasteiger partial charge in [-0.05, 0) is 17.5 Å². The lowest BCUT2D eigenvalue weighted by atomic mass is 9.97. The summed E-state index contributed by atoms with van der Waals surface area (Å²) in [5, 5.41) is 5.57. The van der Waals surface area contributed by atoms with Crippen molar-refractivity contribution in [1.82, 2.24) is 5.32 Å². The molecule has 1 aromatic carbocycles. The van der Waals surface area contributed by atoms with Gasteiger partial charge in [-0.1, -0.05) is 20.8 Å². The van der Waals surface area contributed by atoms with Gasteiger partial charge in [0, 0.05) is 18.3 Å². The van der Waals surface area contributed by atoms with Gasteiger partial charge in [0.1, 0.15) is 0 Å². The summed E-state index contributed by atoms with van der Waals surface area (Å²) in [5.41, 5.74) is 0.707. The van der Waals surface area contributed by atoms with Crippen molar-refractivity contribution in [1.29, 1.82) is 0 Å². The standard InChI is InChI=1S/C14H22N2O3/c1-14(2,3)9-15-13(17)16-10-6-7-11(18-4)12(8-10)19-5/h6-8H,9H2,1-5H3,(H2,15,16,17). The Bertz CT molecular complexity index is 439. The number of amides is 2. The first kappa shape index (κ1) is 15.1. The van der Waals surface area contributed by atoms with Crippen molar-refractivity contribution in [3.05, 3.63) is 18.2 Å². The van der Waals surface area contributed by atoms with E-state index < -0.39 is 0 Å². The summed E-state index contributed by atoms with van der Waals surface area (Å²) in [7, 11) is 3.13. The number of methoxy groups -OCH3 is 2. The predicted octanol–water partition coefficient (Wildman–Crippen LogP) is 2.87. The van der Waals surface area contributed by atoms with Crippen LogP contribution in [-0.2, 0) is 0 Å². The lowest BCUT2D eigenvalue weighted by Gasteiger charge is -2.19. The zero-order valence-corrected chi connectivity index (χ0v) is 12.2. The van der Waals surface area contributed by atoms with Crippen molar-refractivity contribution in [3.8, 4) is 11.5 Å². The first-order valence-electron chi connectivity index (χ1n) is 6.12. The van der Waals surface area contributed by atoms with E-state index in [-0.39, 0.29) is 11.4 Å². The van der Waals surface area contributed by atoms with Crippen LogP contribution in [0.2, 0.25) is 0 Å². The lowest BCUT2D eigenvalue weighted by molar-refractivity contribution is 0.247. The van der Waals surface area contributed by atoms with E-state index in [1.54, 1.807) is 32.4 Å². The molecular weight excluding hydrogens is 244 g/mol. The van der Waals surface area contributed by atoms with Crippen molar-refractivity contribution >= 4 is 11.7 Å². The van der Waals surface area contributed by atoms with Crippen LogP contribution < -0.4 is 20.1 Å². The van der Waals surface area contributed by atoms with Crippen molar-refractivity contribution in [3.63, 3.8) is 0 Å². The highest BCUT2D eigenvalue weighted by Crippen LogP contribution is 2.29. The molecule has 2 amide bonds. The third-order valence-corrected chi connectivity index (χ3v) is 2.42. The second kappa shape index (κ2) is 6.31. The minimum atomic E-state index is -0.234. The minimum Gasteiger partial charge on any atom is -0.493 e. The van der Waals surface area contributed by atoms with Crippen LogP contribution in [-0.4, -0.2) is 26.8 Å². The van der Waals surface area contributed by atoms with Crippen LogP contribution in [0, 0.1) is 5.41 Å². The number of benzene rings is 1. The zero-order valence-electron chi connectivity index (χ0n) is 12.2. The maximum absolute atomic E-state index is 11.7. The number of carbonyl (C=O) groups excluding carboxylic acids is 1. The number of anilines is 1. The van der Waals surface area contributed by atoms with Gasteiger partial charge in [-0.3, -0.25) is 0 Å². The molecule has 0 heterocycles. The molecule has 1 rings (SSSR count). The number of carbonyl (C=O) groups is 1. The van der Waals surface area contributed by atoms with Gasteiger partial charge < -0.3 is 20.1 Å². The van der Waals surface area contributed by atoms with E-state index in [9.17, 15) is 4.79 Å². The molecule has 0 atom stereocenters. The average Bonchev–Trinajstić information content (AvgIpc) is 2.35. The fourth-order valence-corrected chi connectivity index (χ4v) is 1.43. The van der Waals surface area contributed by atoms with E-state index in [1.807, 2.05) is 0 Å². The van der Waals surface area contributed by atoms with Crippen molar-refractivity contribution in [2.75, 3.05) is 26.1 Å². The van der Waals surface area contributed by atoms with E-state index in [1.165, 1.54) is 0 Å². The highest BCUT2D eigenvalue weighted by atomic mass is 16.5. The molecule has 0 aliphatic rings. The van der Waals surface area contributed by atoms with Crippen LogP contribution in [0.3, 0.4) is 0 Å². The largest absolute Gasteiger partial charge is 0.493 e. The summed E-state index contributed by atoms with van der Waals surface area (Å²) >= 11 is 0. The van der Waals surface area contributed by atoms with Crippen LogP contribution in [0.5, 0.6) is 11.5 Å². The molecule has 5 nitrogen and oxygen atoms in total. The Kier molecular flexibility index (Phi) is 5.03. The summed E-state index contributed by atoms with van der Waals surface area (Å²) in [5.74, 6) is 1.21. The molecule has 0 spiro atoms. The monoisotopic (exact) mass is 266 g/mol. The van der Waals surface area contributed by atoms with E-state index >= 15 is 0 Å². The van der Waals surface area contributed by atoms with Crippen LogP contribution in [0.15, 0.2) is 18.2 Å². The molecule has 0 aliphatic heterocycles. The van der Waals surface area contributed by atoms with E-state index in [2.05, 4.69) is 31.4 Å². The second-order valence-corrected chi connectivity index (χ2v) is 5.44. The number of urea groups is 1. The Hall–Kier alpha value is -1.91. The molecular formula is C14H22N2O3. The molecule has 19 heavy (non-hydrogen) atoms. The molecule has 0 radical (unpaired) electrons. The first-order chi connectivity index (χ1) is 8.85. The van der Waals surface area contributed by atoms with Gasteiger partial charge in [0.05, 0.1) is 14.2 Å². The van der Waals surface area contributed by atoms with Gasteiger partial charge in [-0.2, -0.15) is 0 Å². The van der Waals surface area contributed by atoms with Crippen LogP contribution in [0.4, 0.5) is 10.5 Å². The maximum Gasteiger partial charge on any atom is 0.319 e.